The molecule has 10 heteroatoms. The molecule has 0 fully saturated rings. The summed E-state index contributed by atoms with van der Waals surface area (Å²) in [6.45, 7) is 5.56. The fourth-order valence-corrected chi connectivity index (χ4v) is 4.59. The molecule has 0 saturated heterocycles. The molecule has 6 nitrogen and oxygen atoms in total. The van der Waals surface area contributed by atoms with Crippen molar-refractivity contribution in [1.82, 2.24) is 9.88 Å². The van der Waals surface area contributed by atoms with E-state index in [9.17, 15) is 15.0 Å². The molecule has 2 aromatic carbocycles. The highest BCUT2D eigenvalue weighted by Crippen LogP contribution is 2.47. The number of halogens is 2. The van der Waals surface area contributed by atoms with E-state index >= 15 is 0 Å². The summed E-state index contributed by atoms with van der Waals surface area (Å²) >= 11 is 12.3. The van der Waals surface area contributed by atoms with E-state index in [1.165, 1.54) is 6.20 Å². The molecule has 2 atom stereocenters. The minimum Gasteiger partial charge on any atom is -0.407 e. The van der Waals surface area contributed by atoms with E-state index in [0.717, 1.165) is 0 Å². The van der Waals surface area contributed by atoms with E-state index in [1.54, 1.807) is 64.8 Å². The van der Waals surface area contributed by atoms with Gasteiger partial charge in [-0.2, -0.15) is 0 Å². The fourth-order valence-electron chi connectivity index (χ4n) is 4.35. The molecular formula is C27H30B2Cl2N2O4. The van der Waals surface area contributed by atoms with Crippen LogP contribution in [-0.2, 0) is 22.6 Å². The molecule has 37 heavy (non-hydrogen) atoms. The molecule has 1 aromatic heterocycles. The SMILES string of the molecule is BC(B)(O)[C@H](C)CO[C@]1(c2ccc(Cl)cc2)c2ccc(C(C)(C)O)cc2C(=O)N1Cc1ccc(Cl)cn1. The topological polar surface area (TPSA) is 82.9 Å². The molecule has 0 spiro atoms. The Morgan fingerprint density at radius 2 is 1.70 bits per heavy atom. The highest BCUT2D eigenvalue weighted by Gasteiger charge is 2.53. The first kappa shape index (κ1) is 27.7. The van der Waals surface area contributed by atoms with E-state index < -0.39 is 16.7 Å². The van der Waals surface area contributed by atoms with Gasteiger partial charge in [0, 0.05) is 33.3 Å². The quantitative estimate of drug-likeness (QED) is 0.431. The summed E-state index contributed by atoms with van der Waals surface area (Å²) < 4.78 is 6.72. The zero-order valence-corrected chi connectivity index (χ0v) is 23.1. The first-order chi connectivity index (χ1) is 17.2. The summed E-state index contributed by atoms with van der Waals surface area (Å²) in [4.78, 5) is 20.1. The molecule has 0 radical (unpaired) electrons. The van der Waals surface area contributed by atoms with Crippen LogP contribution in [0.1, 0.15) is 53.5 Å². The molecule has 0 unspecified atom stereocenters. The van der Waals surface area contributed by atoms with Crippen molar-refractivity contribution in [2.45, 2.75) is 44.0 Å². The number of aliphatic hydroxyl groups is 2. The van der Waals surface area contributed by atoms with Crippen molar-refractivity contribution in [2.24, 2.45) is 5.92 Å². The van der Waals surface area contributed by atoms with Gasteiger partial charge in [-0.05, 0) is 55.7 Å². The minimum absolute atomic E-state index is 0.141. The van der Waals surface area contributed by atoms with E-state index in [2.05, 4.69) is 4.98 Å². The van der Waals surface area contributed by atoms with Crippen molar-refractivity contribution in [3.05, 3.63) is 98.8 Å². The monoisotopic (exact) mass is 538 g/mol. The van der Waals surface area contributed by atoms with Gasteiger partial charge in [-0.3, -0.25) is 14.7 Å². The Hall–Kier alpha value is -2.35. The second-order valence-electron chi connectivity index (χ2n) is 10.7. The van der Waals surface area contributed by atoms with Gasteiger partial charge in [0.05, 0.1) is 29.5 Å². The lowest BCUT2D eigenvalue weighted by atomic mass is 9.59. The highest BCUT2D eigenvalue weighted by molar-refractivity contribution is 6.39. The van der Waals surface area contributed by atoms with E-state index in [-0.39, 0.29) is 25.0 Å². The van der Waals surface area contributed by atoms with Crippen molar-refractivity contribution < 1.29 is 19.7 Å². The second kappa shape index (κ2) is 10.1. The Kier molecular flexibility index (Phi) is 7.54. The number of amides is 1. The molecule has 1 aliphatic rings. The molecule has 0 saturated carbocycles. The number of carbonyl (C=O) groups excluding carboxylic acids is 1. The Labute approximate surface area is 229 Å². The number of rotatable bonds is 8. The lowest BCUT2D eigenvalue weighted by molar-refractivity contribution is -0.127. The maximum absolute atomic E-state index is 14.1. The largest absolute Gasteiger partial charge is 0.407 e. The van der Waals surface area contributed by atoms with Gasteiger partial charge < -0.3 is 14.9 Å². The molecule has 0 aliphatic carbocycles. The van der Waals surface area contributed by atoms with Gasteiger partial charge in [-0.15, -0.1) is 0 Å². The van der Waals surface area contributed by atoms with E-state index in [1.807, 2.05) is 31.2 Å². The van der Waals surface area contributed by atoms with Crippen LogP contribution in [0.5, 0.6) is 0 Å². The average Bonchev–Trinajstić information content (AvgIpc) is 3.06. The van der Waals surface area contributed by atoms with Gasteiger partial charge in [-0.1, -0.05) is 54.4 Å². The zero-order valence-electron chi connectivity index (χ0n) is 21.6. The van der Waals surface area contributed by atoms with E-state index in [4.69, 9.17) is 27.9 Å². The number of hydrogen-bond acceptors (Lipinski definition) is 5. The first-order valence-corrected chi connectivity index (χ1v) is 12.9. The van der Waals surface area contributed by atoms with Crippen LogP contribution in [0.15, 0.2) is 60.8 Å². The Morgan fingerprint density at radius 1 is 1.05 bits per heavy atom. The smallest absolute Gasteiger partial charge is 0.257 e. The third-order valence-electron chi connectivity index (χ3n) is 7.04. The number of ether oxygens (including phenoxy) is 1. The average molecular weight is 539 g/mol. The zero-order chi connectivity index (χ0) is 27.2. The predicted molar refractivity (Wildman–Crippen MR) is 150 cm³/mol. The van der Waals surface area contributed by atoms with Crippen LogP contribution in [-0.4, -0.2) is 53.7 Å². The summed E-state index contributed by atoms with van der Waals surface area (Å²) in [6.07, 6.45) is 1.54. The van der Waals surface area contributed by atoms with Crippen LogP contribution in [0, 0.1) is 5.92 Å². The van der Waals surface area contributed by atoms with Gasteiger partial charge in [0.1, 0.15) is 15.7 Å². The number of benzene rings is 2. The van der Waals surface area contributed by atoms with Crippen LogP contribution in [0.4, 0.5) is 0 Å². The Bertz CT molecular complexity index is 1290. The van der Waals surface area contributed by atoms with Gasteiger partial charge in [0.2, 0.25) is 0 Å². The van der Waals surface area contributed by atoms with Crippen molar-refractivity contribution in [1.29, 1.82) is 0 Å². The molecule has 192 valence electrons. The van der Waals surface area contributed by atoms with Gasteiger partial charge in [-0.25, -0.2) is 0 Å². The summed E-state index contributed by atoms with van der Waals surface area (Å²) in [6, 6.07) is 16.1. The Balaban J connectivity index is 1.93. The van der Waals surface area contributed by atoms with Gasteiger partial charge in [0.25, 0.3) is 5.91 Å². The van der Waals surface area contributed by atoms with Crippen molar-refractivity contribution in [2.75, 3.05) is 6.61 Å². The third kappa shape index (κ3) is 5.45. The maximum Gasteiger partial charge on any atom is 0.257 e. The molecule has 3 aromatic rings. The molecule has 1 aliphatic heterocycles. The highest BCUT2D eigenvalue weighted by atomic mass is 35.5. The van der Waals surface area contributed by atoms with Crippen molar-refractivity contribution in [3.63, 3.8) is 0 Å². The molecule has 1 amide bonds. The molecule has 2 heterocycles. The number of hydrogen-bond donors (Lipinski definition) is 2. The van der Waals surface area contributed by atoms with Crippen molar-refractivity contribution >= 4 is 44.8 Å². The van der Waals surface area contributed by atoms with Gasteiger partial charge in [0.15, 0.2) is 5.72 Å². The molecule has 2 N–H and O–H groups in total. The summed E-state index contributed by atoms with van der Waals surface area (Å²) in [7, 11) is 3.46. The molecular weight excluding hydrogens is 509 g/mol. The van der Waals surface area contributed by atoms with E-state index in [0.29, 0.717) is 38.0 Å². The number of pyridine rings is 1. The maximum atomic E-state index is 14.1. The summed E-state index contributed by atoms with van der Waals surface area (Å²) in [5.41, 5.74) is 0.558. The van der Waals surface area contributed by atoms with Crippen molar-refractivity contribution in [3.8, 4) is 0 Å². The lowest BCUT2D eigenvalue weighted by Crippen LogP contribution is -2.49. The van der Waals surface area contributed by atoms with Crippen LogP contribution in [0.2, 0.25) is 10.0 Å². The van der Waals surface area contributed by atoms with Crippen LogP contribution in [0.25, 0.3) is 0 Å². The van der Waals surface area contributed by atoms with Gasteiger partial charge >= 0.3 is 0 Å². The predicted octanol–water partition coefficient (Wildman–Crippen LogP) is 3.04. The van der Waals surface area contributed by atoms with Crippen LogP contribution >= 0.6 is 23.2 Å². The standard InChI is InChI=1S/C27H30B2Cl2N2O4/c1-16(27(28,29)36)15-37-26(17-4-7-19(30)8-5-17)23-11-6-18(25(2,3)35)12-22(23)24(34)33(26)14-21-10-9-20(31)13-32-21/h4-13,16,35-36H,14-15,28-29H2,1-3H3/t16-,26-/m1/s1. The number of aromatic nitrogens is 1. The number of carbonyl (C=O) groups is 1. The molecule has 4 rings (SSSR count). The lowest BCUT2D eigenvalue weighted by Gasteiger charge is -2.41. The van der Waals surface area contributed by atoms with Crippen LogP contribution < -0.4 is 0 Å². The van der Waals surface area contributed by atoms with Crippen LogP contribution in [0.3, 0.4) is 0 Å². The normalized spacial score (nSPS) is 18.7. The fraction of sp³-hybridized carbons (Fsp3) is 0.333. The summed E-state index contributed by atoms with van der Waals surface area (Å²) in [5.74, 6) is -0.509. The molecule has 0 bridgehead atoms. The number of fused-ring (bicyclic) bond motifs is 1. The minimum atomic E-state index is -1.32. The third-order valence-corrected chi connectivity index (χ3v) is 7.51. The number of nitrogens with zero attached hydrogens (tertiary/aromatic N) is 2. The summed E-state index contributed by atoms with van der Waals surface area (Å²) in [5, 5.41) is 21.3. The Morgan fingerprint density at radius 3 is 2.27 bits per heavy atom. The first-order valence-electron chi connectivity index (χ1n) is 12.2. The second-order valence-corrected chi connectivity index (χ2v) is 11.6.